The maximum absolute atomic E-state index is 12.0. The number of allylic oxidation sites excluding steroid dienone is 1. The highest BCUT2D eigenvalue weighted by atomic mass is 32.1. The minimum absolute atomic E-state index is 0.106. The summed E-state index contributed by atoms with van der Waals surface area (Å²) < 4.78 is 0. The number of thiocarbonyl (C=S) groups is 1. The summed E-state index contributed by atoms with van der Waals surface area (Å²) >= 11 is 5.17. The molecule has 0 aliphatic carbocycles. The van der Waals surface area contributed by atoms with Crippen LogP contribution in [0.25, 0.3) is 0 Å². The predicted octanol–water partition coefficient (Wildman–Crippen LogP) is 1.53. The van der Waals surface area contributed by atoms with E-state index in [1.807, 2.05) is 38.1 Å². The van der Waals surface area contributed by atoms with E-state index < -0.39 is 0 Å². The van der Waals surface area contributed by atoms with Gasteiger partial charge in [0.2, 0.25) is 0 Å². The Morgan fingerprint density at radius 3 is 2.47 bits per heavy atom. The molecule has 0 saturated heterocycles. The van der Waals surface area contributed by atoms with E-state index in [0.29, 0.717) is 10.7 Å². The van der Waals surface area contributed by atoms with Gasteiger partial charge in [-0.15, -0.1) is 0 Å². The smallest absolute Gasteiger partial charge is 0.251 e. The Morgan fingerprint density at radius 2 is 1.89 bits per heavy atom. The van der Waals surface area contributed by atoms with Crippen molar-refractivity contribution in [2.45, 2.75) is 19.9 Å². The Morgan fingerprint density at radius 1 is 1.26 bits per heavy atom. The lowest BCUT2D eigenvalue weighted by atomic mass is 9.94. The summed E-state index contributed by atoms with van der Waals surface area (Å²) in [4.78, 5) is 12.0. The molecule has 2 rings (SSSR count). The number of aryl methyl sites for hydroxylation is 1. The molecule has 1 atom stereocenters. The number of carbonyl (C=O) groups excluding carboxylic acids is 1. The molecule has 1 amide bonds. The van der Waals surface area contributed by atoms with Gasteiger partial charge in [-0.2, -0.15) is 0 Å². The first-order valence-corrected chi connectivity index (χ1v) is 6.50. The van der Waals surface area contributed by atoms with Crippen LogP contribution in [-0.2, 0) is 4.79 Å². The maximum Gasteiger partial charge on any atom is 0.251 e. The van der Waals surface area contributed by atoms with Crippen molar-refractivity contribution >= 4 is 23.2 Å². The minimum atomic E-state index is -0.214. The molecule has 1 aliphatic rings. The van der Waals surface area contributed by atoms with Gasteiger partial charge in [0.05, 0.1) is 11.6 Å². The van der Waals surface area contributed by atoms with Gasteiger partial charge in [0.15, 0.2) is 5.11 Å². The molecule has 1 aliphatic heterocycles. The van der Waals surface area contributed by atoms with Crippen molar-refractivity contribution in [3.63, 3.8) is 0 Å². The number of benzene rings is 1. The molecule has 0 fully saturated rings. The Hall–Kier alpha value is -1.88. The number of nitrogens with one attached hydrogen (secondary N) is 3. The summed E-state index contributed by atoms with van der Waals surface area (Å²) in [5.41, 5.74) is 3.66. The minimum Gasteiger partial charge on any atom is -0.355 e. The summed E-state index contributed by atoms with van der Waals surface area (Å²) in [5, 5.41) is 9.35. The molecule has 1 aromatic carbocycles. The van der Waals surface area contributed by atoms with Crippen molar-refractivity contribution in [2.75, 3.05) is 7.05 Å². The molecule has 19 heavy (non-hydrogen) atoms. The van der Waals surface area contributed by atoms with Crippen molar-refractivity contribution in [1.29, 1.82) is 0 Å². The fourth-order valence-corrected chi connectivity index (χ4v) is 2.41. The van der Waals surface area contributed by atoms with E-state index in [0.717, 1.165) is 11.3 Å². The van der Waals surface area contributed by atoms with E-state index in [1.165, 1.54) is 5.56 Å². The normalized spacial score (nSPS) is 18.7. The average Bonchev–Trinajstić information content (AvgIpc) is 2.38. The van der Waals surface area contributed by atoms with Crippen LogP contribution in [0.3, 0.4) is 0 Å². The Labute approximate surface area is 118 Å². The molecule has 1 heterocycles. The van der Waals surface area contributed by atoms with Crippen LogP contribution in [0, 0.1) is 6.92 Å². The molecule has 0 saturated carbocycles. The summed E-state index contributed by atoms with van der Waals surface area (Å²) in [7, 11) is 1.63. The first-order chi connectivity index (χ1) is 9.02. The molecule has 0 spiro atoms. The van der Waals surface area contributed by atoms with Crippen LogP contribution >= 0.6 is 12.2 Å². The molecule has 0 unspecified atom stereocenters. The molecule has 3 N–H and O–H groups in total. The second kappa shape index (κ2) is 5.40. The summed E-state index contributed by atoms with van der Waals surface area (Å²) in [5.74, 6) is -0.106. The van der Waals surface area contributed by atoms with E-state index in [4.69, 9.17) is 12.2 Å². The van der Waals surface area contributed by atoms with E-state index in [-0.39, 0.29) is 11.9 Å². The molecular weight excluding hydrogens is 258 g/mol. The summed E-state index contributed by atoms with van der Waals surface area (Å²) in [6.45, 7) is 3.89. The summed E-state index contributed by atoms with van der Waals surface area (Å²) in [6.07, 6.45) is 0. The Bertz CT molecular complexity index is 548. The first kappa shape index (κ1) is 13.5. The van der Waals surface area contributed by atoms with Crippen molar-refractivity contribution < 1.29 is 4.79 Å². The van der Waals surface area contributed by atoms with Gasteiger partial charge in [0, 0.05) is 12.7 Å². The molecule has 0 aromatic heterocycles. The van der Waals surface area contributed by atoms with E-state index in [9.17, 15) is 4.79 Å². The average molecular weight is 275 g/mol. The zero-order valence-electron chi connectivity index (χ0n) is 11.2. The van der Waals surface area contributed by atoms with E-state index >= 15 is 0 Å². The van der Waals surface area contributed by atoms with Gasteiger partial charge in [-0.3, -0.25) is 4.79 Å². The van der Waals surface area contributed by atoms with Crippen LogP contribution in [0.1, 0.15) is 24.1 Å². The highest BCUT2D eigenvalue weighted by Gasteiger charge is 2.28. The highest BCUT2D eigenvalue weighted by molar-refractivity contribution is 7.80. The van der Waals surface area contributed by atoms with Crippen LogP contribution < -0.4 is 16.0 Å². The van der Waals surface area contributed by atoms with Gasteiger partial charge in [-0.1, -0.05) is 29.8 Å². The first-order valence-electron chi connectivity index (χ1n) is 6.10. The van der Waals surface area contributed by atoms with Crippen LogP contribution in [0.2, 0.25) is 0 Å². The fourth-order valence-electron chi connectivity index (χ4n) is 2.14. The van der Waals surface area contributed by atoms with Gasteiger partial charge in [0.25, 0.3) is 5.91 Å². The molecular formula is C14H17N3OS. The van der Waals surface area contributed by atoms with Crippen molar-refractivity contribution in [2.24, 2.45) is 0 Å². The van der Waals surface area contributed by atoms with Gasteiger partial charge in [-0.05, 0) is 31.6 Å². The fraction of sp³-hybridized carbons (Fsp3) is 0.286. The van der Waals surface area contributed by atoms with Crippen LogP contribution in [-0.4, -0.2) is 18.1 Å². The second-order valence-corrected chi connectivity index (χ2v) is 4.97. The summed E-state index contributed by atoms with van der Waals surface area (Å²) in [6, 6.07) is 7.86. The van der Waals surface area contributed by atoms with Crippen molar-refractivity contribution in [3.8, 4) is 0 Å². The number of likely N-dealkylation sites (N-methyl/N-ethyl adjacent to an activating group) is 1. The lowest BCUT2D eigenvalue weighted by Gasteiger charge is -2.30. The lowest BCUT2D eigenvalue weighted by molar-refractivity contribution is -0.117. The zero-order chi connectivity index (χ0) is 14.0. The molecule has 4 nitrogen and oxygen atoms in total. The largest absolute Gasteiger partial charge is 0.355 e. The number of hydrogen-bond acceptors (Lipinski definition) is 2. The van der Waals surface area contributed by atoms with Gasteiger partial charge >= 0.3 is 0 Å². The number of hydrogen-bond donors (Lipinski definition) is 3. The van der Waals surface area contributed by atoms with Crippen LogP contribution in [0.5, 0.6) is 0 Å². The number of amides is 1. The third kappa shape index (κ3) is 2.76. The molecule has 100 valence electrons. The zero-order valence-corrected chi connectivity index (χ0v) is 12.0. The second-order valence-electron chi connectivity index (χ2n) is 4.56. The third-order valence-electron chi connectivity index (χ3n) is 3.15. The lowest BCUT2D eigenvalue weighted by Crippen LogP contribution is -2.46. The highest BCUT2D eigenvalue weighted by Crippen LogP contribution is 2.26. The molecule has 0 bridgehead atoms. The topological polar surface area (TPSA) is 53.2 Å². The number of rotatable bonds is 2. The monoisotopic (exact) mass is 275 g/mol. The molecule has 1 aromatic rings. The SMILES string of the molecule is CNC(=O)C1=C(C)NC(=S)N[C@H]1c1ccc(C)cc1. The van der Waals surface area contributed by atoms with Gasteiger partial charge in [0.1, 0.15) is 0 Å². The van der Waals surface area contributed by atoms with Crippen molar-refractivity contribution in [3.05, 3.63) is 46.7 Å². The third-order valence-corrected chi connectivity index (χ3v) is 3.37. The van der Waals surface area contributed by atoms with E-state index in [2.05, 4.69) is 16.0 Å². The van der Waals surface area contributed by atoms with Crippen LogP contribution in [0.4, 0.5) is 0 Å². The maximum atomic E-state index is 12.0. The predicted molar refractivity (Wildman–Crippen MR) is 79.6 cm³/mol. The van der Waals surface area contributed by atoms with Crippen LogP contribution in [0.15, 0.2) is 35.5 Å². The number of carbonyl (C=O) groups is 1. The Balaban J connectivity index is 2.46. The van der Waals surface area contributed by atoms with Gasteiger partial charge < -0.3 is 16.0 Å². The standard InChI is InChI=1S/C14H17N3OS/c1-8-4-6-10(7-5-8)12-11(13(18)15-3)9(2)16-14(19)17-12/h4-7,12H,1-3H3,(H,15,18)(H2,16,17,19)/t12-/m0/s1. The molecule has 0 radical (unpaired) electrons. The van der Waals surface area contributed by atoms with E-state index in [1.54, 1.807) is 7.05 Å². The van der Waals surface area contributed by atoms with Crippen molar-refractivity contribution in [1.82, 2.24) is 16.0 Å². The quantitative estimate of drug-likeness (QED) is 0.717. The molecule has 5 heteroatoms. The van der Waals surface area contributed by atoms with Gasteiger partial charge in [-0.25, -0.2) is 0 Å². The Kier molecular flexibility index (Phi) is 3.85.